The zero-order valence-electron chi connectivity index (χ0n) is 20.9. The van der Waals surface area contributed by atoms with E-state index in [0.717, 1.165) is 44.6 Å². The molecule has 2 saturated heterocycles. The molecule has 3 aliphatic heterocycles. The Bertz CT molecular complexity index is 1170. The van der Waals surface area contributed by atoms with Gasteiger partial charge in [-0.2, -0.15) is 0 Å². The maximum atomic E-state index is 15.2. The van der Waals surface area contributed by atoms with Crippen molar-refractivity contribution in [3.63, 3.8) is 0 Å². The molecular formula is C28H33FN4O3. The van der Waals surface area contributed by atoms with E-state index in [1.54, 1.807) is 0 Å². The molecule has 0 bridgehead atoms. The highest BCUT2D eigenvalue weighted by molar-refractivity contribution is 6.05. The molecule has 0 spiro atoms. The Morgan fingerprint density at radius 1 is 1.00 bits per heavy atom. The summed E-state index contributed by atoms with van der Waals surface area (Å²) in [6.45, 7) is 3.87. The van der Waals surface area contributed by atoms with Crippen LogP contribution in [-0.2, 0) is 29.2 Å². The highest BCUT2D eigenvalue weighted by Gasteiger charge is 2.40. The summed E-state index contributed by atoms with van der Waals surface area (Å²) in [7, 11) is 4.13. The minimum Gasteiger partial charge on any atom is -0.322 e. The first kappa shape index (κ1) is 24.6. The minimum atomic E-state index is -0.686. The smallest absolute Gasteiger partial charge is 0.255 e. The molecule has 1 N–H and O–H groups in total. The van der Waals surface area contributed by atoms with Crippen LogP contribution in [0.1, 0.15) is 64.2 Å². The Morgan fingerprint density at radius 2 is 1.69 bits per heavy atom. The Morgan fingerprint density at radius 3 is 2.36 bits per heavy atom. The molecule has 5 rings (SSSR count). The van der Waals surface area contributed by atoms with E-state index in [1.165, 1.54) is 22.1 Å². The Balaban J connectivity index is 1.21. The normalized spacial score (nSPS) is 21.3. The summed E-state index contributed by atoms with van der Waals surface area (Å²) >= 11 is 0. The maximum Gasteiger partial charge on any atom is 0.255 e. The summed E-state index contributed by atoms with van der Waals surface area (Å²) in [5.41, 5.74) is 4.34. The largest absolute Gasteiger partial charge is 0.322 e. The summed E-state index contributed by atoms with van der Waals surface area (Å²) in [4.78, 5) is 42.7. The van der Waals surface area contributed by atoms with E-state index in [1.807, 2.05) is 6.07 Å². The second-order valence-electron chi connectivity index (χ2n) is 10.5. The van der Waals surface area contributed by atoms with E-state index in [-0.39, 0.29) is 36.5 Å². The van der Waals surface area contributed by atoms with Crippen molar-refractivity contribution in [1.29, 1.82) is 0 Å². The molecule has 0 saturated carbocycles. The monoisotopic (exact) mass is 492 g/mol. The molecule has 2 aromatic carbocycles. The van der Waals surface area contributed by atoms with E-state index in [0.29, 0.717) is 17.5 Å². The standard InChI is InChI=1S/C28H33FN4O3/c1-31(2)15-18-3-5-19(6-4-18)16-32-11-9-20(10-12-32)22-13-21-17-33(28(36)23(21)14-24(22)29)25-7-8-26(34)30-27(25)35/h3-6,13-14,20,25H,7-12,15-17H2,1-2H3,(H,30,34,35). The highest BCUT2D eigenvalue weighted by atomic mass is 19.1. The predicted molar refractivity (Wildman–Crippen MR) is 134 cm³/mol. The molecular weight excluding hydrogens is 459 g/mol. The lowest BCUT2D eigenvalue weighted by Crippen LogP contribution is -2.52. The van der Waals surface area contributed by atoms with Gasteiger partial charge in [-0.1, -0.05) is 30.3 Å². The summed E-state index contributed by atoms with van der Waals surface area (Å²) in [5, 5.41) is 2.31. The van der Waals surface area contributed by atoms with Crippen LogP contribution in [0.2, 0.25) is 0 Å². The van der Waals surface area contributed by atoms with Gasteiger partial charge in [-0.3, -0.25) is 24.6 Å². The summed E-state index contributed by atoms with van der Waals surface area (Å²) in [6.07, 6.45) is 2.23. The third-order valence-electron chi connectivity index (χ3n) is 7.60. The lowest BCUT2D eigenvalue weighted by Gasteiger charge is -2.32. The number of likely N-dealkylation sites (tertiary alicyclic amines) is 1. The molecule has 0 aliphatic carbocycles. The Hall–Kier alpha value is -3.10. The van der Waals surface area contributed by atoms with Crippen molar-refractivity contribution in [2.75, 3.05) is 27.2 Å². The molecule has 2 fully saturated rings. The van der Waals surface area contributed by atoms with Crippen LogP contribution in [-0.4, -0.2) is 65.6 Å². The fraction of sp³-hybridized carbons (Fsp3) is 0.464. The number of carbonyl (C=O) groups is 3. The van der Waals surface area contributed by atoms with Crippen LogP contribution >= 0.6 is 0 Å². The van der Waals surface area contributed by atoms with Gasteiger partial charge < -0.3 is 9.80 Å². The topological polar surface area (TPSA) is 73.0 Å². The molecule has 8 heteroatoms. The van der Waals surface area contributed by atoms with Crippen LogP contribution in [0.3, 0.4) is 0 Å². The van der Waals surface area contributed by atoms with Crippen LogP contribution in [0.4, 0.5) is 4.39 Å². The summed E-state index contributed by atoms with van der Waals surface area (Å²) in [5.74, 6) is -1.35. The zero-order valence-corrected chi connectivity index (χ0v) is 20.9. The molecule has 3 aliphatic rings. The molecule has 190 valence electrons. The number of fused-ring (bicyclic) bond motifs is 1. The highest BCUT2D eigenvalue weighted by Crippen LogP contribution is 2.35. The van der Waals surface area contributed by atoms with E-state index in [4.69, 9.17) is 0 Å². The van der Waals surface area contributed by atoms with Crippen molar-refractivity contribution in [2.24, 2.45) is 0 Å². The fourth-order valence-corrected chi connectivity index (χ4v) is 5.70. The van der Waals surface area contributed by atoms with Crippen molar-refractivity contribution in [3.8, 4) is 0 Å². The van der Waals surface area contributed by atoms with Gasteiger partial charge in [-0.05, 0) is 80.7 Å². The second-order valence-corrected chi connectivity index (χ2v) is 10.5. The number of nitrogens with zero attached hydrogens (tertiary/aromatic N) is 3. The van der Waals surface area contributed by atoms with Gasteiger partial charge in [0.1, 0.15) is 11.9 Å². The average molecular weight is 493 g/mol. The molecule has 0 aromatic heterocycles. The second kappa shape index (κ2) is 10.1. The lowest BCUT2D eigenvalue weighted by atomic mass is 9.87. The molecule has 0 radical (unpaired) electrons. The molecule has 1 unspecified atom stereocenters. The number of imide groups is 1. The quantitative estimate of drug-likeness (QED) is 0.628. The van der Waals surface area contributed by atoms with Gasteiger partial charge in [-0.15, -0.1) is 0 Å². The van der Waals surface area contributed by atoms with Crippen LogP contribution in [0.15, 0.2) is 36.4 Å². The number of carbonyl (C=O) groups excluding carboxylic acids is 3. The van der Waals surface area contributed by atoms with E-state index < -0.39 is 11.9 Å². The molecule has 36 heavy (non-hydrogen) atoms. The SMILES string of the molecule is CN(C)Cc1ccc(CN2CCC(c3cc4c(cc3F)C(=O)N(C3CCC(=O)NC3=O)C4)CC2)cc1. The summed E-state index contributed by atoms with van der Waals surface area (Å²) in [6, 6.07) is 11.2. The number of nitrogens with one attached hydrogen (secondary N) is 1. The molecule has 3 heterocycles. The first-order valence-electron chi connectivity index (χ1n) is 12.7. The third-order valence-corrected chi connectivity index (χ3v) is 7.60. The van der Waals surface area contributed by atoms with Gasteiger partial charge in [0.05, 0.1) is 0 Å². The number of hydrogen-bond acceptors (Lipinski definition) is 5. The third kappa shape index (κ3) is 5.06. The molecule has 3 amide bonds. The first-order valence-corrected chi connectivity index (χ1v) is 12.7. The van der Waals surface area contributed by atoms with Crippen molar-refractivity contribution in [3.05, 3.63) is 70.0 Å². The molecule has 2 aromatic rings. The van der Waals surface area contributed by atoms with Gasteiger partial charge in [0.25, 0.3) is 5.91 Å². The predicted octanol–water partition coefficient (Wildman–Crippen LogP) is 3.03. The van der Waals surface area contributed by atoms with Crippen LogP contribution in [0.25, 0.3) is 0 Å². The number of amides is 3. The molecule has 7 nitrogen and oxygen atoms in total. The zero-order chi connectivity index (χ0) is 25.4. The van der Waals surface area contributed by atoms with Crippen molar-refractivity contribution in [1.82, 2.24) is 20.0 Å². The van der Waals surface area contributed by atoms with Gasteiger partial charge in [0, 0.05) is 31.6 Å². The Kier molecular flexibility index (Phi) is 6.90. The van der Waals surface area contributed by atoms with Gasteiger partial charge >= 0.3 is 0 Å². The van der Waals surface area contributed by atoms with Crippen LogP contribution in [0, 0.1) is 5.82 Å². The number of rotatable bonds is 6. The number of halogens is 1. The number of benzene rings is 2. The summed E-state index contributed by atoms with van der Waals surface area (Å²) < 4.78 is 15.2. The lowest BCUT2D eigenvalue weighted by molar-refractivity contribution is -0.136. The van der Waals surface area contributed by atoms with Gasteiger partial charge in [0.2, 0.25) is 11.8 Å². The Labute approximate surface area is 211 Å². The van der Waals surface area contributed by atoms with Gasteiger partial charge in [-0.25, -0.2) is 4.39 Å². The van der Waals surface area contributed by atoms with Gasteiger partial charge in [0.15, 0.2) is 0 Å². The van der Waals surface area contributed by atoms with Crippen LogP contribution in [0.5, 0.6) is 0 Å². The maximum absolute atomic E-state index is 15.2. The van der Waals surface area contributed by atoms with Crippen molar-refractivity contribution < 1.29 is 18.8 Å². The minimum absolute atomic E-state index is 0.105. The van der Waals surface area contributed by atoms with E-state index in [2.05, 4.69) is 53.5 Å². The van der Waals surface area contributed by atoms with Crippen molar-refractivity contribution in [2.45, 2.75) is 57.3 Å². The first-order chi connectivity index (χ1) is 17.3. The number of hydrogen-bond donors (Lipinski definition) is 1. The number of piperidine rings is 2. The molecule has 1 atom stereocenters. The van der Waals surface area contributed by atoms with E-state index in [9.17, 15) is 14.4 Å². The fourth-order valence-electron chi connectivity index (χ4n) is 5.70. The van der Waals surface area contributed by atoms with E-state index >= 15 is 4.39 Å². The van der Waals surface area contributed by atoms with Crippen molar-refractivity contribution >= 4 is 17.7 Å². The van der Waals surface area contributed by atoms with Crippen LogP contribution < -0.4 is 5.32 Å². The average Bonchev–Trinajstić information content (AvgIpc) is 3.15.